The van der Waals surface area contributed by atoms with Gasteiger partial charge in [-0.1, -0.05) is 0 Å². The van der Waals surface area contributed by atoms with Crippen LogP contribution >= 0.6 is 0 Å². The average molecular weight is 362 g/mol. The Labute approximate surface area is 152 Å². The third-order valence-corrected chi connectivity index (χ3v) is 3.60. The molecule has 4 aromatic rings. The highest BCUT2D eigenvalue weighted by Crippen LogP contribution is 2.21. The fourth-order valence-corrected chi connectivity index (χ4v) is 2.32. The minimum absolute atomic E-state index is 0.318. The van der Waals surface area contributed by atoms with Crippen molar-refractivity contribution in [2.45, 2.75) is 0 Å². The highest BCUT2D eigenvalue weighted by molar-refractivity contribution is 5.93. The Morgan fingerprint density at radius 1 is 1.07 bits per heavy atom. The van der Waals surface area contributed by atoms with Crippen molar-refractivity contribution >= 4 is 29.3 Å². The number of furan rings is 1. The standard InChI is InChI=1S/C17H14N8O2/c18-15(26)10-3-5-11(6-4-10)21-16-19-9-20-17(23-16)22-14-8-12(24-25-14)13-2-1-7-27-13/h1-9H,(H2,18,26)(H3,19,20,21,22,23,24,25). The summed E-state index contributed by atoms with van der Waals surface area (Å²) >= 11 is 0. The number of nitrogens with two attached hydrogens (primary N) is 1. The summed E-state index contributed by atoms with van der Waals surface area (Å²) in [4.78, 5) is 23.5. The number of anilines is 4. The number of hydrogen-bond donors (Lipinski definition) is 4. The van der Waals surface area contributed by atoms with Gasteiger partial charge in [0.15, 0.2) is 11.6 Å². The van der Waals surface area contributed by atoms with Crippen molar-refractivity contribution in [3.05, 3.63) is 60.6 Å². The van der Waals surface area contributed by atoms with Crippen molar-refractivity contribution in [2.75, 3.05) is 10.6 Å². The summed E-state index contributed by atoms with van der Waals surface area (Å²) in [6, 6.07) is 12.0. The van der Waals surface area contributed by atoms with E-state index >= 15 is 0 Å². The van der Waals surface area contributed by atoms with E-state index in [1.165, 1.54) is 6.33 Å². The number of benzene rings is 1. The van der Waals surface area contributed by atoms with Crippen LogP contribution in [0.15, 0.2) is 59.5 Å². The van der Waals surface area contributed by atoms with Gasteiger partial charge in [-0.25, -0.2) is 9.97 Å². The molecule has 0 saturated heterocycles. The summed E-state index contributed by atoms with van der Waals surface area (Å²) in [6.07, 6.45) is 2.96. The first-order valence-electron chi connectivity index (χ1n) is 7.89. The molecule has 0 atom stereocenters. The zero-order valence-corrected chi connectivity index (χ0v) is 13.9. The fourth-order valence-electron chi connectivity index (χ4n) is 2.32. The first-order valence-corrected chi connectivity index (χ1v) is 7.89. The molecule has 0 bridgehead atoms. The molecule has 3 aromatic heterocycles. The normalized spacial score (nSPS) is 10.5. The van der Waals surface area contributed by atoms with Crippen LogP contribution in [-0.2, 0) is 0 Å². The number of carbonyl (C=O) groups excluding carboxylic acids is 1. The maximum absolute atomic E-state index is 11.1. The monoisotopic (exact) mass is 362 g/mol. The molecule has 4 rings (SSSR count). The van der Waals surface area contributed by atoms with Crippen LogP contribution in [0.2, 0.25) is 0 Å². The molecule has 0 radical (unpaired) electrons. The molecule has 0 spiro atoms. The molecule has 0 aliphatic rings. The zero-order chi connectivity index (χ0) is 18.6. The van der Waals surface area contributed by atoms with Crippen LogP contribution in [0.3, 0.4) is 0 Å². The molecule has 134 valence electrons. The molecule has 10 nitrogen and oxygen atoms in total. The Morgan fingerprint density at radius 2 is 1.85 bits per heavy atom. The molecule has 0 fully saturated rings. The lowest BCUT2D eigenvalue weighted by Gasteiger charge is -2.06. The summed E-state index contributed by atoms with van der Waals surface area (Å²) in [5.74, 6) is 1.37. The van der Waals surface area contributed by atoms with E-state index < -0.39 is 5.91 Å². The van der Waals surface area contributed by atoms with E-state index in [1.54, 1.807) is 42.7 Å². The van der Waals surface area contributed by atoms with E-state index in [1.807, 2.05) is 6.07 Å². The number of primary amides is 1. The molecule has 10 heteroatoms. The van der Waals surface area contributed by atoms with E-state index in [9.17, 15) is 4.79 Å². The van der Waals surface area contributed by atoms with Crippen molar-refractivity contribution < 1.29 is 9.21 Å². The molecule has 1 amide bonds. The van der Waals surface area contributed by atoms with Crippen molar-refractivity contribution in [1.29, 1.82) is 0 Å². The van der Waals surface area contributed by atoms with Crippen LogP contribution in [0, 0.1) is 0 Å². The van der Waals surface area contributed by atoms with E-state index in [4.69, 9.17) is 10.2 Å². The highest BCUT2D eigenvalue weighted by atomic mass is 16.3. The molecule has 0 unspecified atom stereocenters. The molecule has 0 aliphatic heterocycles. The second-order valence-corrected chi connectivity index (χ2v) is 5.47. The predicted octanol–water partition coefficient (Wildman–Crippen LogP) is 2.44. The summed E-state index contributed by atoms with van der Waals surface area (Å²) in [7, 11) is 0. The number of nitrogens with zero attached hydrogens (tertiary/aromatic N) is 4. The first kappa shape index (κ1) is 16.3. The molecule has 1 aromatic carbocycles. The van der Waals surface area contributed by atoms with E-state index in [0.29, 0.717) is 34.7 Å². The van der Waals surface area contributed by atoms with Gasteiger partial charge in [-0.15, -0.1) is 0 Å². The van der Waals surface area contributed by atoms with Gasteiger partial charge in [-0.3, -0.25) is 9.89 Å². The minimum Gasteiger partial charge on any atom is -0.463 e. The summed E-state index contributed by atoms with van der Waals surface area (Å²) in [6.45, 7) is 0. The van der Waals surface area contributed by atoms with Crippen LogP contribution in [-0.4, -0.2) is 31.1 Å². The van der Waals surface area contributed by atoms with Gasteiger partial charge in [0.2, 0.25) is 17.8 Å². The SMILES string of the molecule is NC(=O)c1ccc(Nc2ncnc(Nc3cc(-c4ccco4)[nH]n3)n2)cc1. The van der Waals surface area contributed by atoms with Gasteiger partial charge in [-0.2, -0.15) is 10.1 Å². The number of nitrogens with one attached hydrogen (secondary N) is 3. The highest BCUT2D eigenvalue weighted by Gasteiger charge is 2.08. The first-order chi connectivity index (χ1) is 13.2. The van der Waals surface area contributed by atoms with Gasteiger partial charge < -0.3 is 20.8 Å². The maximum atomic E-state index is 11.1. The Kier molecular flexibility index (Phi) is 4.19. The van der Waals surface area contributed by atoms with Gasteiger partial charge in [0.05, 0.1) is 6.26 Å². The molecule has 0 saturated carbocycles. The number of hydrogen-bond acceptors (Lipinski definition) is 8. The Hall–Kier alpha value is -4.21. The molecule has 3 heterocycles. The fraction of sp³-hybridized carbons (Fsp3) is 0. The lowest BCUT2D eigenvalue weighted by atomic mass is 10.2. The van der Waals surface area contributed by atoms with E-state index in [2.05, 4.69) is 35.8 Å². The summed E-state index contributed by atoms with van der Waals surface area (Å²) in [5, 5.41) is 13.0. The smallest absolute Gasteiger partial charge is 0.248 e. The second-order valence-electron chi connectivity index (χ2n) is 5.47. The summed E-state index contributed by atoms with van der Waals surface area (Å²) in [5.41, 5.74) is 7.08. The van der Waals surface area contributed by atoms with E-state index in [0.717, 1.165) is 5.69 Å². The van der Waals surface area contributed by atoms with Gasteiger partial charge in [0.25, 0.3) is 0 Å². The number of aromatic nitrogens is 5. The third-order valence-electron chi connectivity index (χ3n) is 3.60. The van der Waals surface area contributed by atoms with Gasteiger partial charge >= 0.3 is 0 Å². The van der Waals surface area contributed by atoms with Crippen LogP contribution in [0.4, 0.5) is 23.4 Å². The largest absolute Gasteiger partial charge is 0.463 e. The molecule has 27 heavy (non-hydrogen) atoms. The third kappa shape index (κ3) is 3.74. The minimum atomic E-state index is -0.485. The quantitative estimate of drug-likeness (QED) is 0.409. The van der Waals surface area contributed by atoms with Crippen LogP contribution < -0.4 is 16.4 Å². The van der Waals surface area contributed by atoms with Gasteiger partial charge in [-0.05, 0) is 36.4 Å². The van der Waals surface area contributed by atoms with Crippen molar-refractivity contribution in [3.63, 3.8) is 0 Å². The average Bonchev–Trinajstić information content (AvgIpc) is 3.34. The lowest BCUT2D eigenvalue weighted by Crippen LogP contribution is -2.10. The summed E-state index contributed by atoms with van der Waals surface area (Å²) < 4.78 is 5.31. The molecular weight excluding hydrogens is 348 g/mol. The van der Waals surface area contributed by atoms with Crippen LogP contribution in [0.25, 0.3) is 11.5 Å². The van der Waals surface area contributed by atoms with E-state index in [-0.39, 0.29) is 0 Å². The van der Waals surface area contributed by atoms with Crippen LogP contribution in [0.5, 0.6) is 0 Å². The molecule has 0 aliphatic carbocycles. The second kappa shape index (κ2) is 6.96. The van der Waals surface area contributed by atoms with Crippen molar-refractivity contribution in [1.82, 2.24) is 25.1 Å². The van der Waals surface area contributed by atoms with Gasteiger partial charge in [0.1, 0.15) is 12.0 Å². The zero-order valence-electron chi connectivity index (χ0n) is 13.9. The lowest BCUT2D eigenvalue weighted by molar-refractivity contribution is 0.100. The number of amides is 1. The number of carbonyl (C=O) groups is 1. The number of H-pyrrole nitrogens is 1. The molecule has 5 N–H and O–H groups in total. The van der Waals surface area contributed by atoms with Crippen molar-refractivity contribution in [3.8, 4) is 11.5 Å². The van der Waals surface area contributed by atoms with Crippen LogP contribution in [0.1, 0.15) is 10.4 Å². The molecular formula is C17H14N8O2. The number of aromatic amines is 1. The Bertz CT molecular complexity index is 1060. The Morgan fingerprint density at radius 3 is 2.56 bits per heavy atom. The topological polar surface area (TPSA) is 148 Å². The van der Waals surface area contributed by atoms with Gasteiger partial charge in [0, 0.05) is 17.3 Å². The Balaban J connectivity index is 1.47. The predicted molar refractivity (Wildman–Crippen MR) is 97.6 cm³/mol. The maximum Gasteiger partial charge on any atom is 0.248 e. The number of rotatable bonds is 6. The van der Waals surface area contributed by atoms with Crippen molar-refractivity contribution in [2.24, 2.45) is 5.73 Å².